The summed E-state index contributed by atoms with van der Waals surface area (Å²) in [5.41, 5.74) is 2.17. The van der Waals surface area contributed by atoms with Crippen LogP contribution in [-0.2, 0) is 0 Å². The van der Waals surface area contributed by atoms with Crippen molar-refractivity contribution in [2.45, 2.75) is 13.8 Å². The van der Waals surface area contributed by atoms with Crippen LogP contribution in [0.25, 0.3) is 0 Å². The van der Waals surface area contributed by atoms with Gasteiger partial charge >= 0.3 is 0 Å². The molecule has 0 spiro atoms. The van der Waals surface area contributed by atoms with Gasteiger partial charge in [0.1, 0.15) is 6.33 Å². The van der Waals surface area contributed by atoms with Gasteiger partial charge in [-0.25, -0.2) is 9.97 Å². The molecule has 0 aliphatic rings. The Hall–Kier alpha value is -1.77. The third-order valence-electron chi connectivity index (χ3n) is 1.50. The number of hydrogen-bond acceptors (Lipinski definition) is 3. The molecule has 2 heterocycles. The molecule has 2 aromatic heterocycles. The Morgan fingerprint density at radius 2 is 1.71 bits per heavy atom. The summed E-state index contributed by atoms with van der Waals surface area (Å²) in [4.78, 5) is 11.5. The van der Waals surface area contributed by atoms with E-state index in [4.69, 9.17) is 0 Å². The van der Waals surface area contributed by atoms with Crippen molar-refractivity contribution in [2.24, 2.45) is 0 Å². The first-order valence-corrected chi connectivity index (χ1v) is 4.38. The first-order chi connectivity index (χ1) is 6.79. The van der Waals surface area contributed by atoms with Crippen LogP contribution in [0.3, 0.4) is 0 Å². The van der Waals surface area contributed by atoms with Crippen LogP contribution in [-0.4, -0.2) is 15.0 Å². The normalized spacial score (nSPS) is 8.71. The highest BCUT2D eigenvalue weighted by molar-refractivity contribution is 5.00. The van der Waals surface area contributed by atoms with Crippen molar-refractivity contribution in [3.8, 4) is 0 Å². The summed E-state index contributed by atoms with van der Waals surface area (Å²) in [6.07, 6.45) is 6.85. The Balaban J connectivity index is 0.000000140. The molecule has 0 N–H and O–H groups in total. The Morgan fingerprint density at radius 3 is 2.00 bits per heavy atom. The van der Waals surface area contributed by atoms with Gasteiger partial charge in [0.25, 0.3) is 0 Å². The highest BCUT2D eigenvalue weighted by Gasteiger charge is 1.74. The second-order valence-electron chi connectivity index (χ2n) is 2.89. The maximum atomic E-state index is 3.98. The highest BCUT2D eigenvalue weighted by atomic mass is 14.8. The van der Waals surface area contributed by atoms with Crippen LogP contribution in [0, 0.1) is 13.8 Å². The van der Waals surface area contributed by atoms with Crippen LogP contribution < -0.4 is 0 Å². The van der Waals surface area contributed by atoms with Gasteiger partial charge < -0.3 is 0 Å². The molecule has 0 fully saturated rings. The van der Waals surface area contributed by atoms with E-state index in [9.17, 15) is 0 Å². The summed E-state index contributed by atoms with van der Waals surface area (Å²) in [6.45, 7) is 3.93. The molecule has 14 heavy (non-hydrogen) atoms. The fraction of sp³-hybridized carbons (Fsp3) is 0.182. The number of aromatic nitrogens is 3. The van der Waals surface area contributed by atoms with Crippen LogP contribution in [0.1, 0.15) is 11.3 Å². The summed E-state index contributed by atoms with van der Waals surface area (Å²) >= 11 is 0. The molecule has 0 aliphatic carbocycles. The van der Waals surface area contributed by atoms with Crippen LogP contribution in [0.2, 0.25) is 0 Å². The second kappa shape index (κ2) is 5.80. The van der Waals surface area contributed by atoms with Crippen LogP contribution >= 0.6 is 0 Å². The molecular weight excluding hydrogens is 174 g/mol. The zero-order valence-corrected chi connectivity index (χ0v) is 8.38. The lowest BCUT2D eigenvalue weighted by atomic mass is 10.4. The smallest absolute Gasteiger partial charge is 0.115 e. The van der Waals surface area contributed by atoms with Gasteiger partial charge in [-0.1, -0.05) is 6.07 Å². The summed E-state index contributed by atoms with van der Waals surface area (Å²) < 4.78 is 0. The minimum atomic E-state index is 1.07. The zero-order chi connectivity index (χ0) is 10.2. The van der Waals surface area contributed by atoms with E-state index in [0.717, 1.165) is 11.3 Å². The first-order valence-electron chi connectivity index (χ1n) is 4.38. The van der Waals surface area contributed by atoms with E-state index in [1.807, 2.05) is 32.0 Å². The molecule has 0 aromatic carbocycles. The molecule has 72 valence electrons. The number of hydrogen-bond donors (Lipinski definition) is 0. The Bertz CT molecular complexity index is 308. The fourth-order valence-corrected chi connectivity index (χ4v) is 0.822. The average molecular weight is 187 g/mol. The van der Waals surface area contributed by atoms with Gasteiger partial charge in [-0.2, -0.15) is 0 Å². The van der Waals surface area contributed by atoms with Gasteiger partial charge in [-0.05, 0) is 31.5 Å². The molecule has 3 heteroatoms. The summed E-state index contributed by atoms with van der Waals surface area (Å²) in [5.74, 6) is 0. The van der Waals surface area contributed by atoms with Crippen LogP contribution in [0.15, 0.2) is 43.1 Å². The molecule has 3 nitrogen and oxygen atoms in total. The van der Waals surface area contributed by atoms with Crippen molar-refractivity contribution in [3.63, 3.8) is 0 Å². The minimum Gasteiger partial charge on any atom is -0.262 e. The molecule has 0 saturated heterocycles. The van der Waals surface area contributed by atoms with Crippen molar-refractivity contribution < 1.29 is 0 Å². The number of nitrogens with zero attached hydrogens (tertiary/aromatic N) is 3. The largest absolute Gasteiger partial charge is 0.262 e. The molecule has 2 rings (SSSR count). The topological polar surface area (TPSA) is 38.7 Å². The lowest BCUT2D eigenvalue weighted by Crippen LogP contribution is -1.75. The fourth-order valence-electron chi connectivity index (χ4n) is 0.822. The number of aryl methyl sites for hydroxylation is 2. The van der Waals surface area contributed by atoms with E-state index in [2.05, 4.69) is 15.0 Å². The van der Waals surface area contributed by atoms with Gasteiger partial charge in [0.2, 0.25) is 0 Å². The summed E-state index contributed by atoms with van der Waals surface area (Å²) in [5, 5.41) is 0. The maximum absolute atomic E-state index is 3.98. The lowest BCUT2D eigenvalue weighted by Gasteiger charge is -1.82. The minimum absolute atomic E-state index is 1.07. The van der Waals surface area contributed by atoms with Crippen LogP contribution in [0.4, 0.5) is 0 Å². The zero-order valence-electron chi connectivity index (χ0n) is 8.38. The summed E-state index contributed by atoms with van der Waals surface area (Å²) in [6, 6.07) is 5.86. The summed E-state index contributed by atoms with van der Waals surface area (Å²) in [7, 11) is 0. The Labute approximate surface area is 83.9 Å². The molecule has 0 unspecified atom stereocenters. The van der Waals surface area contributed by atoms with Gasteiger partial charge in [0.05, 0.1) is 0 Å². The third-order valence-corrected chi connectivity index (χ3v) is 1.50. The van der Waals surface area contributed by atoms with E-state index in [-0.39, 0.29) is 0 Å². The van der Waals surface area contributed by atoms with Crippen molar-refractivity contribution in [1.29, 1.82) is 0 Å². The average Bonchev–Trinajstić information content (AvgIpc) is 2.21. The number of rotatable bonds is 0. The van der Waals surface area contributed by atoms with Gasteiger partial charge in [-0.15, -0.1) is 0 Å². The van der Waals surface area contributed by atoms with E-state index < -0.39 is 0 Å². The van der Waals surface area contributed by atoms with E-state index in [1.54, 1.807) is 18.6 Å². The first kappa shape index (κ1) is 10.3. The van der Waals surface area contributed by atoms with E-state index >= 15 is 0 Å². The van der Waals surface area contributed by atoms with Gasteiger partial charge in [0.15, 0.2) is 0 Å². The highest BCUT2D eigenvalue weighted by Crippen LogP contribution is 1.86. The Kier molecular flexibility index (Phi) is 4.27. The second-order valence-corrected chi connectivity index (χ2v) is 2.89. The molecule has 0 atom stereocenters. The maximum Gasteiger partial charge on any atom is 0.115 e. The molecule has 0 aliphatic heterocycles. The Morgan fingerprint density at radius 1 is 1.00 bits per heavy atom. The number of pyridine rings is 1. The van der Waals surface area contributed by atoms with Crippen LogP contribution in [0.5, 0.6) is 0 Å². The van der Waals surface area contributed by atoms with Gasteiger partial charge in [-0.3, -0.25) is 4.98 Å². The predicted molar refractivity (Wildman–Crippen MR) is 55.7 cm³/mol. The lowest BCUT2D eigenvalue weighted by molar-refractivity contribution is 1.13. The predicted octanol–water partition coefficient (Wildman–Crippen LogP) is 2.18. The van der Waals surface area contributed by atoms with Crippen molar-refractivity contribution >= 4 is 0 Å². The van der Waals surface area contributed by atoms with Crippen molar-refractivity contribution in [2.75, 3.05) is 0 Å². The SMILES string of the molecule is Cc1ccccn1.Cc1cncnc1. The van der Waals surface area contributed by atoms with E-state index in [1.165, 1.54) is 6.33 Å². The molecular formula is C11H13N3. The molecule has 0 radical (unpaired) electrons. The van der Waals surface area contributed by atoms with Gasteiger partial charge in [0, 0.05) is 24.3 Å². The van der Waals surface area contributed by atoms with E-state index in [0.29, 0.717) is 0 Å². The van der Waals surface area contributed by atoms with Crippen molar-refractivity contribution in [3.05, 3.63) is 54.4 Å². The molecule has 2 aromatic rings. The standard InChI is InChI=1S/C6H7N.C5H6N2/c1-6-4-2-3-5-7-6;1-5-2-6-4-7-3-5/h2-5H,1H3;2-4H,1H3. The third kappa shape index (κ3) is 4.30. The van der Waals surface area contributed by atoms with Crippen molar-refractivity contribution in [1.82, 2.24) is 15.0 Å². The quantitative estimate of drug-likeness (QED) is 0.634. The molecule has 0 saturated carbocycles. The molecule has 0 amide bonds. The molecule has 0 bridgehead atoms. The monoisotopic (exact) mass is 187 g/mol.